The summed E-state index contributed by atoms with van der Waals surface area (Å²) >= 11 is 0. The highest BCUT2D eigenvalue weighted by atomic mass is 32.2. The van der Waals surface area contributed by atoms with Gasteiger partial charge >= 0.3 is 0 Å². The maximum atomic E-state index is 13.5. The molecule has 1 saturated heterocycles. The molecule has 0 saturated carbocycles. The van der Waals surface area contributed by atoms with E-state index in [-0.39, 0.29) is 60.5 Å². The summed E-state index contributed by atoms with van der Waals surface area (Å²) in [5, 5.41) is 19.4. The van der Waals surface area contributed by atoms with Crippen LogP contribution in [0.2, 0.25) is 0 Å². The molecular formula is C30H41N9O8S. The summed E-state index contributed by atoms with van der Waals surface area (Å²) in [5.41, 5.74) is 11.0. The number of aryl methyl sites for hydroxylation is 1. The van der Waals surface area contributed by atoms with Gasteiger partial charge in [0.15, 0.2) is 5.96 Å². The molecule has 3 rings (SSSR count). The third-order valence-corrected chi connectivity index (χ3v) is 8.74. The molecule has 4 amide bonds. The molecule has 0 bridgehead atoms. The van der Waals surface area contributed by atoms with Gasteiger partial charge in [0.05, 0.1) is 16.4 Å². The first-order chi connectivity index (χ1) is 22.6. The highest BCUT2D eigenvalue weighted by Crippen LogP contribution is 2.24. The lowest BCUT2D eigenvalue weighted by Gasteiger charge is -2.26. The SMILES string of the molecule is Cc1ccc(S(=O)(=O)NCC(=O)N2CCCC2C(=O)NC(CCCN=C(N)N)C(=O)Nc2ccc([N+](=O)[O-])c(C(=O)NC(C)C)c2)cc1. The zero-order valence-corrected chi connectivity index (χ0v) is 27.7. The molecule has 0 aromatic heterocycles. The number of nitrogens with zero attached hydrogens (tertiary/aromatic N) is 3. The van der Waals surface area contributed by atoms with Gasteiger partial charge in [-0.3, -0.25) is 34.3 Å². The zero-order chi connectivity index (χ0) is 35.6. The summed E-state index contributed by atoms with van der Waals surface area (Å²) in [7, 11) is -3.98. The Morgan fingerprint density at radius 3 is 2.40 bits per heavy atom. The number of nitro groups is 1. The number of nitrogens with two attached hydrogens (primary N) is 2. The van der Waals surface area contributed by atoms with Crippen LogP contribution < -0.4 is 32.1 Å². The highest BCUT2D eigenvalue weighted by Gasteiger charge is 2.36. The second-order valence-corrected chi connectivity index (χ2v) is 13.3. The van der Waals surface area contributed by atoms with E-state index in [1.807, 2.05) is 6.92 Å². The van der Waals surface area contributed by atoms with E-state index >= 15 is 0 Å². The molecule has 0 aliphatic carbocycles. The molecule has 8 N–H and O–H groups in total. The predicted molar refractivity (Wildman–Crippen MR) is 177 cm³/mol. The number of benzene rings is 2. The third-order valence-electron chi connectivity index (χ3n) is 7.32. The highest BCUT2D eigenvalue weighted by molar-refractivity contribution is 7.89. The van der Waals surface area contributed by atoms with Crippen LogP contribution in [0.3, 0.4) is 0 Å². The summed E-state index contributed by atoms with van der Waals surface area (Å²) in [4.78, 5) is 68.6. The summed E-state index contributed by atoms with van der Waals surface area (Å²) < 4.78 is 27.7. The lowest BCUT2D eigenvalue weighted by molar-refractivity contribution is -0.385. The molecule has 18 heteroatoms. The molecule has 1 aliphatic rings. The Kier molecular flexibility index (Phi) is 13.0. The molecule has 2 atom stereocenters. The number of aliphatic imine (C=N–C) groups is 1. The van der Waals surface area contributed by atoms with Gasteiger partial charge < -0.3 is 32.3 Å². The monoisotopic (exact) mass is 687 g/mol. The van der Waals surface area contributed by atoms with Crippen LogP contribution in [0.4, 0.5) is 11.4 Å². The van der Waals surface area contributed by atoms with E-state index in [0.717, 1.165) is 11.6 Å². The Morgan fingerprint density at radius 1 is 1.08 bits per heavy atom. The van der Waals surface area contributed by atoms with Crippen molar-refractivity contribution in [1.82, 2.24) is 20.3 Å². The summed E-state index contributed by atoms with van der Waals surface area (Å²) in [5.74, 6) is -2.81. The van der Waals surface area contributed by atoms with Gasteiger partial charge in [0.1, 0.15) is 17.6 Å². The lowest BCUT2D eigenvalue weighted by Crippen LogP contribution is -2.53. The molecule has 260 valence electrons. The van der Waals surface area contributed by atoms with Crippen LogP contribution in [0, 0.1) is 17.0 Å². The molecule has 1 aliphatic heterocycles. The topological polar surface area (TPSA) is 261 Å². The first-order valence-electron chi connectivity index (χ1n) is 15.2. The van der Waals surface area contributed by atoms with Crippen molar-refractivity contribution in [2.45, 2.75) is 69.5 Å². The van der Waals surface area contributed by atoms with E-state index < -0.39 is 62.9 Å². The summed E-state index contributed by atoms with van der Waals surface area (Å²) in [6.07, 6.45) is 1.09. The van der Waals surface area contributed by atoms with Crippen molar-refractivity contribution in [2.75, 3.05) is 25.0 Å². The number of hydrogen-bond acceptors (Lipinski definition) is 9. The Morgan fingerprint density at radius 2 is 1.77 bits per heavy atom. The quantitative estimate of drug-likeness (QED) is 0.0496. The molecule has 2 aromatic carbocycles. The van der Waals surface area contributed by atoms with Gasteiger partial charge in [-0.25, -0.2) is 13.1 Å². The van der Waals surface area contributed by atoms with Crippen LogP contribution in [0.15, 0.2) is 52.4 Å². The van der Waals surface area contributed by atoms with Crippen LogP contribution in [0.1, 0.15) is 55.5 Å². The van der Waals surface area contributed by atoms with Crippen molar-refractivity contribution < 1.29 is 32.5 Å². The van der Waals surface area contributed by atoms with E-state index in [4.69, 9.17) is 11.5 Å². The largest absolute Gasteiger partial charge is 0.370 e. The third kappa shape index (κ3) is 10.5. The molecule has 48 heavy (non-hydrogen) atoms. The maximum absolute atomic E-state index is 13.5. The Labute approximate surface area is 278 Å². The number of anilines is 1. The lowest BCUT2D eigenvalue weighted by atomic mass is 10.1. The van der Waals surface area contributed by atoms with E-state index in [9.17, 15) is 37.7 Å². The first kappa shape index (κ1) is 37.4. The van der Waals surface area contributed by atoms with Gasteiger partial charge in [-0.15, -0.1) is 0 Å². The zero-order valence-electron chi connectivity index (χ0n) is 26.9. The van der Waals surface area contributed by atoms with Gasteiger partial charge in [-0.05, 0) is 70.7 Å². The molecule has 0 radical (unpaired) electrons. The second-order valence-electron chi connectivity index (χ2n) is 11.5. The molecular weight excluding hydrogens is 646 g/mol. The number of rotatable bonds is 15. The number of guanidine groups is 1. The van der Waals surface area contributed by atoms with Gasteiger partial charge in [0.25, 0.3) is 11.6 Å². The molecule has 1 heterocycles. The second kappa shape index (κ2) is 16.6. The smallest absolute Gasteiger partial charge is 0.282 e. The van der Waals surface area contributed by atoms with Gasteiger partial charge in [-0.2, -0.15) is 0 Å². The minimum atomic E-state index is -3.98. The standard InChI is InChI=1S/C30H41N9O8S/c1-18(2)35-27(41)22-16-20(10-13-24(22)39(44)45)36-28(42)23(6-4-14-33-30(31)32)37-29(43)25-7-5-15-38(25)26(40)17-34-48(46,47)21-11-8-19(3)9-12-21/h8-13,16,18,23,25,34H,4-7,14-15,17H2,1-3H3,(H,35,41)(H,36,42)(H,37,43)(H4,31,32,33). The van der Waals surface area contributed by atoms with Crippen LogP contribution in [0.25, 0.3) is 0 Å². The summed E-state index contributed by atoms with van der Waals surface area (Å²) in [6, 6.07) is 7.18. The van der Waals surface area contributed by atoms with Gasteiger partial charge in [-0.1, -0.05) is 17.7 Å². The number of nitrogens with one attached hydrogen (secondary N) is 4. The number of likely N-dealkylation sites (tertiary alicyclic amines) is 1. The minimum Gasteiger partial charge on any atom is -0.370 e. The van der Waals surface area contributed by atoms with E-state index in [2.05, 4.69) is 25.7 Å². The number of amides is 4. The fraction of sp³-hybridized carbons (Fsp3) is 0.433. The molecule has 17 nitrogen and oxygen atoms in total. The Bertz CT molecular complexity index is 1660. The molecule has 1 fully saturated rings. The van der Waals surface area contributed by atoms with Crippen molar-refractivity contribution in [1.29, 1.82) is 0 Å². The predicted octanol–water partition coefficient (Wildman–Crippen LogP) is 0.488. The number of carbonyl (C=O) groups is 4. The molecule has 0 spiro atoms. The fourth-order valence-electron chi connectivity index (χ4n) is 4.96. The van der Waals surface area contributed by atoms with Gasteiger partial charge in [0.2, 0.25) is 27.7 Å². The van der Waals surface area contributed by atoms with E-state index in [1.165, 1.54) is 29.2 Å². The number of nitro benzene ring substituents is 1. The van der Waals surface area contributed by atoms with Crippen LogP contribution in [0.5, 0.6) is 0 Å². The van der Waals surface area contributed by atoms with Crippen LogP contribution in [-0.2, 0) is 24.4 Å². The van der Waals surface area contributed by atoms with E-state index in [0.29, 0.717) is 6.42 Å². The Balaban J connectivity index is 1.75. The minimum absolute atomic E-state index is 0.00751. The van der Waals surface area contributed by atoms with Gasteiger partial charge in [0, 0.05) is 30.9 Å². The number of sulfonamides is 1. The van der Waals surface area contributed by atoms with E-state index in [1.54, 1.807) is 26.0 Å². The molecule has 2 aromatic rings. The first-order valence-corrected chi connectivity index (χ1v) is 16.7. The fourth-order valence-corrected chi connectivity index (χ4v) is 5.94. The number of hydrogen-bond donors (Lipinski definition) is 6. The average molecular weight is 688 g/mol. The number of carbonyl (C=O) groups excluding carboxylic acids is 4. The van der Waals surface area contributed by atoms with Crippen LogP contribution >= 0.6 is 0 Å². The molecule has 2 unspecified atom stereocenters. The summed E-state index contributed by atoms with van der Waals surface area (Å²) in [6.45, 7) is 4.96. The van der Waals surface area contributed by atoms with Crippen LogP contribution in [-0.4, -0.2) is 85.6 Å². The average Bonchev–Trinajstić information content (AvgIpc) is 3.51. The van der Waals surface area contributed by atoms with Crippen molar-refractivity contribution in [3.05, 3.63) is 63.7 Å². The maximum Gasteiger partial charge on any atom is 0.282 e. The van der Waals surface area contributed by atoms with Crippen molar-refractivity contribution in [2.24, 2.45) is 16.5 Å². The van der Waals surface area contributed by atoms with Crippen molar-refractivity contribution in [3.63, 3.8) is 0 Å². The normalized spacial score (nSPS) is 15.0. The van der Waals surface area contributed by atoms with Crippen molar-refractivity contribution in [3.8, 4) is 0 Å². The Hall–Kier alpha value is -5.10. The van der Waals surface area contributed by atoms with Crippen molar-refractivity contribution >= 4 is 51.0 Å².